The Kier molecular flexibility index (Phi) is 12.7. The molecule has 0 spiro atoms. The maximum Gasteiger partial charge on any atom is -0.0193 e. The third-order valence-electron chi connectivity index (χ3n) is 1.90. The Labute approximate surface area is 84.1 Å². The van der Waals surface area contributed by atoms with Crippen LogP contribution in [0.3, 0.4) is 0 Å². The van der Waals surface area contributed by atoms with Crippen molar-refractivity contribution < 1.29 is 0 Å². The molecule has 0 aliphatic rings. The van der Waals surface area contributed by atoms with E-state index in [9.17, 15) is 0 Å². The quantitative estimate of drug-likeness (QED) is 0.548. The van der Waals surface area contributed by atoms with Crippen LogP contribution in [0.4, 0.5) is 0 Å². The zero-order valence-corrected chi connectivity index (χ0v) is 9.80. The first-order chi connectivity index (χ1) is 6.26. The van der Waals surface area contributed by atoms with Gasteiger partial charge in [-0.2, -0.15) is 0 Å². The first-order valence-electron chi connectivity index (χ1n) is 5.21. The zero-order chi connectivity index (χ0) is 10.7. The lowest BCUT2D eigenvalue weighted by Crippen LogP contribution is -1.93. The van der Waals surface area contributed by atoms with Crippen LogP contribution < -0.4 is 0 Å². The molecule has 1 atom stereocenters. The number of hydrogen-bond acceptors (Lipinski definition) is 0. The van der Waals surface area contributed by atoms with E-state index in [1.807, 2.05) is 32.9 Å². The van der Waals surface area contributed by atoms with E-state index in [0.29, 0.717) is 5.92 Å². The van der Waals surface area contributed by atoms with Gasteiger partial charge in [-0.1, -0.05) is 58.6 Å². The lowest BCUT2D eigenvalue weighted by atomic mass is 9.98. The van der Waals surface area contributed by atoms with Crippen LogP contribution in [0.5, 0.6) is 0 Å². The third kappa shape index (κ3) is 7.58. The topological polar surface area (TPSA) is 0 Å². The van der Waals surface area contributed by atoms with Crippen molar-refractivity contribution in [2.75, 3.05) is 0 Å². The second-order valence-corrected chi connectivity index (χ2v) is 2.71. The summed E-state index contributed by atoms with van der Waals surface area (Å²) in [5.74, 6) is 0.628. The molecule has 0 aliphatic carbocycles. The van der Waals surface area contributed by atoms with E-state index in [0.717, 1.165) is 0 Å². The summed E-state index contributed by atoms with van der Waals surface area (Å²) in [7, 11) is 0. The Morgan fingerprint density at radius 2 is 1.92 bits per heavy atom. The Bertz CT molecular complexity index is 161. The molecule has 0 radical (unpaired) electrons. The van der Waals surface area contributed by atoms with Crippen LogP contribution >= 0.6 is 0 Å². The number of allylic oxidation sites excluding steroid dienone is 5. The molecule has 0 saturated heterocycles. The van der Waals surface area contributed by atoms with Crippen molar-refractivity contribution in [2.24, 2.45) is 5.92 Å². The van der Waals surface area contributed by atoms with E-state index in [-0.39, 0.29) is 0 Å². The van der Waals surface area contributed by atoms with Gasteiger partial charge in [0.1, 0.15) is 0 Å². The fourth-order valence-corrected chi connectivity index (χ4v) is 0.877. The normalized spacial score (nSPS) is 13.5. The van der Waals surface area contributed by atoms with Crippen LogP contribution in [0, 0.1) is 5.92 Å². The van der Waals surface area contributed by atoms with Gasteiger partial charge in [-0.05, 0) is 24.8 Å². The summed E-state index contributed by atoms with van der Waals surface area (Å²) in [6, 6.07) is 0. The first-order valence-corrected chi connectivity index (χ1v) is 5.21. The summed E-state index contributed by atoms with van der Waals surface area (Å²) < 4.78 is 0. The van der Waals surface area contributed by atoms with Gasteiger partial charge in [-0.3, -0.25) is 0 Å². The minimum absolute atomic E-state index is 0.628. The van der Waals surface area contributed by atoms with Crippen LogP contribution in [-0.4, -0.2) is 0 Å². The Balaban J connectivity index is 0. The van der Waals surface area contributed by atoms with Gasteiger partial charge in [0.2, 0.25) is 0 Å². The predicted octanol–water partition coefficient (Wildman–Crippen LogP) is 4.75. The Morgan fingerprint density at radius 3 is 2.23 bits per heavy atom. The van der Waals surface area contributed by atoms with Crippen molar-refractivity contribution in [1.29, 1.82) is 0 Å². The van der Waals surface area contributed by atoms with Gasteiger partial charge in [-0.15, -0.1) is 0 Å². The highest BCUT2D eigenvalue weighted by Gasteiger charge is 1.99. The van der Waals surface area contributed by atoms with Crippen molar-refractivity contribution in [2.45, 2.75) is 41.0 Å². The highest BCUT2D eigenvalue weighted by molar-refractivity contribution is 5.23. The van der Waals surface area contributed by atoms with E-state index in [2.05, 4.69) is 32.6 Å². The van der Waals surface area contributed by atoms with E-state index >= 15 is 0 Å². The summed E-state index contributed by atoms with van der Waals surface area (Å²) >= 11 is 0. The molecule has 0 aromatic heterocycles. The maximum atomic E-state index is 3.78. The van der Waals surface area contributed by atoms with E-state index in [1.54, 1.807) is 0 Å². The first kappa shape index (κ1) is 14.7. The Morgan fingerprint density at radius 1 is 1.38 bits per heavy atom. The fourth-order valence-electron chi connectivity index (χ4n) is 0.877. The van der Waals surface area contributed by atoms with Gasteiger partial charge in [0.25, 0.3) is 0 Å². The van der Waals surface area contributed by atoms with Gasteiger partial charge in [0.05, 0.1) is 0 Å². The molecule has 0 amide bonds. The molecular weight excluding hydrogens is 156 g/mol. The minimum Gasteiger partial charge on any atom is -0.0988 e. The van der Waals surface area contributed by atoms with E-state index in [1.165, 1.54) is 12.0 Å². The van der Waals surface area contributed by atoms with Gasteiger partial charge < -0.3 is 0 Å². The summed E-state index contributed by atoms with van der Waals surface area (Å²) in [6.45, 7) is 14.2. The average molecular weight is 180 g/mol. The molecule has 1 unspecified atom stereocenters. The summed E-state index contributed by atoms with van der Waals surface area (Å²) in [5.41, 5.74) is 1.32. The van der Waals surface area contributed by atoms with Crippen molar-refractivity contribution >= 4 is 0 Å². The molecule has 0 aliphatic heterocycles. The molecule has 0 aromatic rings. The molecule has 0 aromatic carbocycles. The van der Waals surface area contributed by atoms with Crippen molar-refractivity contribution in [3.63, 3.8) is 0 Å². The lowest BCUT2D eigenvalue weighted by molar-refractivity contribution is 0.671. The SMILES string of the molecule is C=C/C(=C\C=C/C)C(C)CC.CC. The minimum atomic E-state index is 0.628. The second-order valence-electron chi connectivity index (χ2n) is 2.71. The highest BCUT2D eigenvalue weighted by atomic mass is 14.0. The van der Waals surface area contributed by atoms with Gasteiger partial charge in [0.15, 0.2) is 0 Å². The molecule has 0 nitrogen and oxygen atoms in total. The van der Waals surface area contributed by atoms with Gasteiger partial charge in [-0.25, -0.2) is 0 Å². The second kappa shape index (κ2) is 11.2. The molecule has 13 heavy (non-hydrogen) atoms. The zero-order valence-electron chi connectivity index (χ0n) is 9.80. The van der Waals surface area contributed by atoms with Gasteiger partial charge in [0, 0.05) is 0 Å². The van der Waals surface area contributed by atoms with Crippen LogP contribution in [-0.2, 0) is 0 Å². The molecule has 0 bridgehead atoms. The predicted molar refractivity (Wildman–Crippen MR) is 63.9 cm³/mol. The third-order valence-corrected chi connectivity index (χ3v) is 1.90. The van der Waals surface area contributed by atoms with Crippen LogP contribution in [0.15, 0.2) is 36.5 Å². The van der Waals surface area contributed by atoms with Crippen LogP contribution in [0.1, 0.15) is 41.0 Å². The Hall–Kier alpha value is -0.780. The maximum absolute atomic E-state index is 3.78. The van der Waals surface area contributed by atoms with E-state index < -0.39 is 0 Å². The molecule has 0 rings (SSSR count). The van der Waals surface area contributed by atoms with Crippen molar-refractivity contribution in [3.05, 3.63) is 36.5 Å². The smallest absolute Gasteiger partial charge is 0.0193 e. The van der Waals surface area contributed by atoms with Crippen molar-refractivity contribution in [3.8, 4) is 0 Å². The summed E-state index contributed by atoms with van der Waals surface area (Å²) in [5, 5.41) is 0. The average Bonchev–Trinajstić information content (AvgIpc) is 2.21. The molecule has 76 valence electrons. The highest BCUT2D eigenvalue weighted by Crippen LogP contribution is 2.14. The largest absolute Gasteiger partial charge is 0.0988 e. The molecule has 0 fully saturated rings. The monoisotopic (exact) mass is 180 g/mol. The molecular formula is C13H24. The molecule has 0 heteroatoms. The van der Waals surface area contributed by atoms with Crippen LogP contribution in [0.25, 0.3) is 0 Å². The standard InChI is InChI=1S/C11H18.C2H6/c1-5-8-9-11(7-3)10(4)6-2;1-2/h5,7-10H,3,6H2,1-2,4H3;1-2H3/b8-5-,11-9+;. The molecule has 0 heterocycles. The summed E-state index contributed by atoms with van der Waals surface area (Å²) in [6.07, 6.45) is 9.33. The fraction of sp³-hybridized carbons (Fsp3) is 0.538. The van der Waals surface area contributed by atoms with Crippen molar-refractivity contribution in [1.82, 2.24) is 0 Å². The van der Waals surface area contributed by atoms with E-state index in [4.69, 9.17) is 0 Å². The van der Waals surface area contributed by atoms with Gasteiger partial charge >= 0.3 is 0 Å². The lowest BCUT2D eigenvalue weighted by Gasteiger charge is -2.07. The molecule has 0 N–H and O–H groups in total. The number of hydrogen-bond donors (Lipinski definition) is 0. The van der Waals surface area contributed by atoms with Crippen LogP contribution in [0.2, 0.25) is 0 Å². The molecule has 0 saturated carbocycles. The number of rotatable bonds is 4. The summed E-state index contributed by atoms with van der Waals surface area (Å²) in [4.78, 5) is 0.